The Hall–Kier alpha value is -3.15. The zero-order valence-electron chi connectivity index (χ0n) is 12.6. The molecule has 0 amide bonds. The number of carbonyl (C=O) groups excluding carboxylic acids is 1. The summed E-state index contributed by atoms with van der Waals surface area (Å²) in [5.74, 6) is -0.201. The van der Waals surface area contributed by atoms with E-state index in [9.17, 15) is 15.2 Å². The first-order valence-corrected chi connectivity index (χ1v) is 6.98. The molecule has 0 unspecified atom stereocenters. The third kappa shape index (κ3) is 2.24. The molecular formula is C17H14N2O4. The van der Waals surface area contributed by atoms with Gasteiger partial charge in [0.25, 0.3) is 22.5 Å². The van der Waals surface area contributed by atoms with Gasteiger partial charge in [0.15, 0.2) is 0 Å². The minimum Gasteiger partial charge on any atom is -0.618 e. The van der Waals surface area contributed by atoms with Gasteiger partial charge in [-0.15, -0.1) is 0 Å². The smallest absolute Gasteiger partial charge is 0.334 e. The summed E-state index contributed by atoms with van der Waals surface area (Å²) in [5, 5.41) is 25.0. The molecule has 1 heterocycles. The first kappa shape index (κ1) is 14.8. The number of hydrogen-bond donors (Lipinski definition) is 0. The van der Waals surface area contributed by atoms with Crippen LogP contribution in [-0.2, 0) is 0 Å². The van der Waals surface area contributed by atoms with E-state index in [0.29, 0.717) is 15.2 Å². The Bertz CT molecular complexity index is 922. The number of fused-ring (bicyclic) bond motifs is 1. The monoisotopic (exact) mass is 310 g/mol. The van der Waals surface area contributed by atoms with E-state index < -0.39 is 5.78 Å². The molecule has 0 spiro atoms. The lowest BCUT2D eigenvalue weighted by molar-refractivity contribution is -0.635. The molecule has 0 fully saturated rings. The molecule has 6 nitrogen and oxygen atoms in total. The number of carbonyl (C=O) groups is 1. The zero-order chi connectivity index (χ0) is 16.6. The summed E-state index contributed by atoms with van der Waals surface area (Å²) >= 11 is 0. The van der Waals surface area contributed by atoms with Gasteiger partial charge in [0.05, 0.1) is 12.7 Å². The molecular weight excluding hydrogens is 296 g/mol. The standard InChI is InChI=1S/C17H14N2O4/c1-11-16(17(20)12-7-3-6-10-15(12)23-2)19(22)14-9-5-4-8-13(14)18(11)21/h3-10H,1-2H3. The first-order chi connectivity index (χ1) is 11.1. The number of ether oxygens (including phenoxy) is 1. The molecule has 3 rings (SSSR count). The van der Waals surface area contributed by atoms with Crippen molar-refractivity contribution < 1.29 is 19.0 Å². The summed E-state index contributed by atoms with van der Waals surface area (Å²) in [7, 11) is 1.44. The van der Waals surface area contributed by atoms with Crippen molar-refractivity contribution in [3.8, 4) is 5.75 Å². The molecule has 0 aliphatic rings. The highest BCUT2D eigenvalue weighted by Gasteiger charge is 2.32. The molecule has 0 aliphatic carbocycles. The molecule has 0 bridgehead atoms. The predicted octanol–water partition coefficient (Wildman–Crippen LogP) is 1.65. The molecule has 0 saturated carbocycles. The minimum absolute atomic E-state index is 0.0506. The molecule has 116 valence electrons. The van der Waals surface area contributed by atoms with E-state index in [2.05, 4.69) is 0 Å². The molecule has 0 aliphatic heterocycles. The largest absolute Gasteiger partial charge is 0.618 e. The van der Waals surface area contributed by atoms with Crippen molar-refractivity contribution in [1.29, 1.82) is 0 Å². The van der Waals surface area contributed by atoms with E-state index in [0.717, 1.165) is 0 Å². The third-order valence-electron chi connectivity index (χ3n) is 3.74. The second-order valence-corrected chi connectivity index (χ2v) is 5.04. The fourth-order valence-electron chi connectivity index (χ4n) is 2.57. The van der Waals surface area contributed by atoms with Crippen LogP contribution in [0.3, 0.4) is 0 Å². The molecule has 6 heteroatoms. The lowest BCUT2D eigenvalue weighted by Gasteiger charge is -2.11. The summed E-state index contributed by atoms with van der Waals surface area (Å²) in [4.78, 5) is 12.8. The molecule has 1 aromatic heterocycles. The maximum atomic E-state index is 12.8. The predicted molar refractivity (Wildman–Crippen MR) is 83.0 cm³/mol. The number of ketones is 1. The number of aromatic nitrogens is 2. The van der Waals surface area contributed by atoms with Gasteiger partial charge >= 0.3 is 5.69 Å². The number of rotatable bonds is 3. The molecule has 0 radical (unpaired) electrons. The van der Waals surface area contributed by atoms with Crippen LogP contribution in [0.1, 0.15) is 21.7 Å². The summed E-state index contributed by atoms with van der Waals surface area (Å²) in [6.45, 7) is 1.45. The normalized spacial score (nSPS) is 10.7. The van der Waals surface area contributed by atoms with Gasteiger partial charge in [0.1, 0.15) is 5.75 Å². The quantitative estimate of drug-likeness (QED) is 0.418. The second kappa shape index (κ2) is 5.57. The highest BCUT2D eigenvalue weighted by Crippen LogP contribution is 2.21. The molecule has 0 N–H and O–H groups in total. The van der Waals surface area contributed by atoms with Crippen LogP contribution in [0.15, 0.2) is 48.5 Å². The summed E-state index contributed by atoms with van der Waals surface area (Å²) < 4.78 is 6.28. The van der Waals surface area contributed by atoms with Crippen molar-refractivity contribution in [2.75, 3.05) is 7.11 Å². The molecule has 2 aromatic carbocycles. The third-order valence-corrected chi connectivity index (χ3v) is 3.74. The Balaban J connectivity index is 2.30. The number of hydrogen-bond acceptors (Lipinski definition) is 4. The van der Waals surface area contributed by atoms with Crippen molar-refractivity contribution in [3.63, 3.8) is 0 Å². The SMILES string of the molecule is COc1ccccc1C(=O)c1c(C)[n+]([O-])c2ccccc2[n+]1[O-]. The Labute approximate surface area is 132 Å². The van der Waals surface area contributed by atoms with Crippen molar-refractivity contribution in [1.82, 2.24) is 0 Å². The minimum atomic E-state index is -0.551. The van der Waals surface area contributed by atoms with E-state index in [-0.39, 0.29) is 28.0 Å². The van der Waals surface area contributed by atoms with Crippen LogP contribution in [0.2, 0.25) is 0 Å². The highest BCUT2D eigenvalue weighted by atomic mass is 16.5. The summed E-state index contributed by atoms with van der Waals surface area (Å²) in [6.07, 6.45) is 0. The fraction of sp³-hybridized carbons (Fsp3) is 0.118. The van der Waals surface area contributed by atoms with E-state index in [1.54, 1.807) is 42.5 Å². The average molecular weight is 310 g/mol. The maximum Gasteiger partial charge on any atom is 0.334 e. The van der Waals surface area contributed by atoms with Crippen LogP contribution >= 0.6 is 0 Å². The lowest BCUT2D eigenvalue weighted by atomic mass is 10.0. The van der Waals surface area contributed by atoms with Crippen molar-refractivity contribution in [2.24, 2.45) is 0 Å². The number of methoxy groups -OCH3 is 1. The van der Waals surface area contributed by atoms with Crippen LogP contribution in [0, 0.1) is 17.3 Å². The Kier molecular flexibility index (Phi) is 3.57. The average Bonchev–Trinajstić information content (AvgIpc) is 2.59. The topological polar surface area (TPSA) is 80.2 Å². The molecule has 23 heavy (non-hydrogen) atoms. The lowest BCUT2D eigenvalue weighted by Crippen LogP contribution is -2.46. The Morgan fingerprint density at radius 1 is 0.957 bits per heavy atom. The van der Waals surface area contributed by atoms with Gasteiger partial charge < -0.3 is 15.2 Å². The first-order valence-electron chi connectivity index (χ1n) is 6.98. The maximum absolute atomic E-state index is 12.8. The van der Waals surface area contributed by atoms with Gasteiger partial charge in [-0.25, -0.2) is 0 Å². The zero-order valence-corrected chi connectivity index (χ0v) is 12.6. The molecule has 0 atom stereocenters. The van der Waals surface area contributed by atoms with Crippen LogP contribution in [-0.4, -0.2) is 12.9 Å². The van der Waals surface area contributed by atoms with Crippen LogP contribution in [0.4, 0.5) is 0 Å². The molecule has 3 aromatic rings. The van der Waals surface area contributed by atoms with Gasteiger partial charge in [-0.2, -0.15) is 9.46 Å². The van der Waals surface area contributed by atoms with Gasteiger partial charge in [-0.05, 0) is 12.1 Å². The van der Waals surface area contributed by atoms with Crippen molar-refractivity contribution in [2.45, 2.75) is 6.92 Å². The van der Waals surface area contributed by atoms with E-state index in [1.165, 1.54) is 20.1 Å². The number of para-hydroxylation sites is 3. The molecule has 0 saturated heterocycles. The van der Waals surface area contributed by atoms with Crippen LogP contribution < -0.4 is 14.2 Å². The number of benzene rings is 2. The fourth-order valence-corrected chi connectivity index (χ4v) is 2.57. The van der Waals surface area contributed by atoms with Gasteiger partial charge in [-0.1, -0.05) is 24.3 Å². The Morgan fingerprint density at radius 2 is 1.52 bits per heavy atom. The van der Waals surface area contributed by atoms with Crippen LogP contribution in [0.25, 0.3) is 11.0 Å². The van der Waals surface area contributed by atoms with Gasteiger partial charge in [0.2, 0.25) is 0 Å². The van der Waals surface area contributed by atoms with Gasteiger partial charge in [-0.3, -0.25) is 4.79 Å². The second-order valence-electron chi connectivity index (χ2n) is 5.04. The Morgan fingerprint density at radius 3 is 2.17 bits per heavy atom. The summed E-state index contributed by atoms with van der Waals surface area (Å²) in [6, 6.07) is 12.9. The van der Waals surface area contributed by atoms with Crippen molar-refractivity contribution >= 4 is 16.8 Å². The van der Waals surface area contributed by atoms with E-state index in [1.807, 2.05) is 0 Å². The summed E-state index contributed by atoms with van der Waals surface area (Å²) in [5.41, 5.74) is 0.443. The number of nitrogens with zero attached hydrogens (tertiary/aromatic N) is 2. The van der Waals surface area contributed by atoms with Gasteiger partial charge in [0, 0.05) is 19.1 Å². The van der Waals surface area contributed by atoms with E-state index in [4.69, 9.17) is 4.74 Å². The van der Waals surface area contributed by atoms with Crippen LogP contribution in [0.5, 0.6) is 5.75 Å². The van der Waals surface area contributed by atoms with E-state index >= 15 is 0 Å². The van der Waals surface area contributed by atoms with Crippen molar-refractivity contribution in [3.05, 3.63) is 75.9 Å². The highest BCUT2D eigenvalue weighted by molar-refractivity contribution is 6.09.